The topological polar surface area (TPSA) is 113 Å². The molecule has 1 unspecified atom stereocenters. The Bertz CT molecular complexity index is 1240. The zero-order chi connectivity index (χ0) is 22.3. The van der Waals surface area contributed by atoms with Crippen LogP contribution < -0.4 is 10.0 Å². The number of allylic oxidation sites excluding steroid dienone is 1. The molecule has 2 aliphatic heterocycles. The van der Waals surface area contributed by atoms with Gasteiger partial charge in [-0.1, -0.05) is 30.8 Å². The summed E-state index contributed by atoms with van der Waals surface area (Å²) in [7, 11) is -3.74. The number of rotatable bonds is 5. The van der Waals surface area contributed by atoms with Crippen molar-refractivity contribution in [2.75, 3.05) is 4.72 Å². The molecule has 4 rings (SSSR count). The molecule has 3 amide bonds. The van der Waals surface area contributed by atoms with Crippen molar-refractivity contribution in [2.24, 2.45) is 0 Å². The Morgan fingerprint density at radius 2 is 1.81 bits per heavy atom. The molecule has 0 radical (unpaired) electrons. The van der Waals surface area contributed by atoms with Crippen LogP contribution in [0, 0.1) is 6.92 Å². The fraction of sp³-hybridized carbons (Fsp3) is 0.227. The van der Waals surface area contributed by atoms with Crippen LogP contribution in [0.3, 0.4) is 0 Å². The van der Waals surface area contributed by atoms with E-state index >= 15 is 0 Å². The van der Waals surface area contributed by atoms with Crippen LogP contribution in [-0.2, 0) is 20.6 Å². The van der Waals surface area contributed by atoms with Gasteiger partial charge in [-0.25, -0.2) is 8.42 Å². The molecule has 0 saturated carbocycles. The molecule has 2 aromatic carbocycles. The maximum atomic E-state index is 12.9. The third-order valence-electron chi connectivity index (χ3n) is 5.43. The quantitative estimate of drug-likeness (QED) is 0.695. The summed E-state index contributed by atoms with van der Waals surface area (Å²) in [6, 6.07) is 10.4. The van der Waals surface area contributed by atoms with Crippen LogP contribution in [0.5, 0.6) is 0 Å². The summed E-state index contributed by atoms with van der Waals surface area (Å²) >= 11 is 0. The van der Waals surface area contributed by atoms with E-state index in [1.54, 1.807) is 12.1 Å². The van der Waals surface area contributed by atoms with Crippen LogP contribution in [0.4, 0.5) is 5.69 Å². The monoisotopic (exact) mass is 439 g/mol. The lowest BCUT2D eigenvalue weighted by atomic mass is 10.0. The van der Waals surface area contributed by atoms with Crippen molar-refractivity contribution in [1.29, 1.82) is 0 Å². The Balaban J connectivity index is 1.56. The number of carbonyl (C=O) groups excluding carboxylic acids is 3. The summed E-state index contributed by atoms with van der Waals surface area (Å²) in [5.41, 5.74) is 2.45. The van der Waals surface area contributed by atoms with E-state index in [0.717, 1.165) is 10.5 Å². The molecule has 2 heterocycles. The summed E-state index contributed by atoms with van der Waals surface area (Å²) in [6.07, 6.45) is 0.764. The molecule has 160 valence electrons. The average molecular weight is 439 g/mol. The van der Waals surface area contributed by atoms with Gasteiger partial charge in [0.25, 0.3) is 11.8 Å². The average Bonchev–Trinajstić information content (AvgIpc) is 2.94. The summed E-state index contributed by atoms with van der Waals surface area (Å²) < 4.78 is 27.7. The number of anilines is 1. The van der Waals surface area contributed by atoms with E-state index in [4.69, 9.17) is 0 Å². The molecule has 1 saturated heterocycles. The van der Waals surface area contributed by atoms with Crippen molar-refractivity contribution in [3.63, 3.8) is 0 Å². The van der Waals surface area contributed by atoms with E-state index in [2.05, 4.69) is 16.6 Å². The minimum absolute atomic E-state index is 0.0679. The second-order valence-corrected chi connectivity index (χ2v) is 9.40. The van der Waals surface area contributed by atoms with Crippen molar-refractivity contribution in [2.45, 2.75) is 31.6 Å². The van der Waals surface area contributed by atoms with Gasteiger partial charge in [0.1, 0.15) is 6.04 Å². The van der Waals surface area contributed by atoms with E-state index in [9.17, 15) is 22.8 Å². The zero-order valence-electron chi connectivity index (χ0n) is 16.8. The number of sulfonamides is 1. The molecule has 0 spiro atoms. The summed E-state index contributed by atoms with van der Waals surface area (Å²) in [6.45, 7) is 5.53. The van der Waals surface area contributed by atoms with Gasteiger partial charge in [0.2, 0.25) is 15.9 Å². The third-order valence-corrected chi connectivity index (χ3v) is 6.67. The van der Waals surface area contributed by atoms with Crippen LogP contribution in [-0.4, -0.2) is 37.1 Å². The molecule has 9 heteroatoms. The van der Waals surface area contributed by atoms with Crippen molar-refractivity contribution in [3.05, 3.63) is 77.0 Å². The first-order valence-corrected chi connectivity index (χ1v) is 11.4. The normalized spacial score (nSPS) is 18.7. The van der Waals surface area contributed by atoms with Crippen LogP contribution in [0.25, 0.3) is 0 Å². The molecule has 2 aromatic rings. The number of fused-ring (bicyclic) bond motifs is 1. The molecule has 8 nitrogen and oxygen atoms in total. The second kappa shape index (κ2) is 7.66. The molecule has 2 aliphatic rings. The van der Waals surface area contributed by atoms with Gasteiger partial charge in [-0.3, -0.25) is 24.0 Å². The minimum Gasteiger partial charge on any atom is -0.329 e. The lowest BCUT2D eigenvalue weighted by Gasteiger charge is -2.29. The van der Waals surface area contributed by atoms with E-state index in [1.807, 2.05) is 19.1 Å². The molecule has 31 heavy (non-hydrogen) atoms. The fourth-order valence-electron chi connectivity index (χ4n) is 3.81. The van der Waals surface area contributed by atoms with Gasteiger partial charge in [-0.05, 0) is 49.1 Å². The van der Waals surface area contributed by atoms with Gasteiger partial charge in [-0.15, -0.1) is 0 Å². The number of hydrogen-bond donors (Lipinski definition) is 2. The van der Waals surface area contributed by atoms with Gasteiger partial charge >= 0.3 is 0 Å². The minimum atomic E-state index is -3.74. The standard InChI is InChI=1S/C22H21N3O5S/c1-13-5-3-4-6-15(13)12-31(29,30)24-16-8-9-17-18(11-16)22(28)25(21(17)27)19-10-7-14(2)23-20(19)26/h3-6,8-9,11,19,24H,2,7,10,12H2,1H3,(H,23,26). The zero-order valence-corrected chi connectivity index (χ0v) is 17.7. The largest absolute Gasteiger partial charge is 0.329 e. The number of piperidine rings is 1. The van der Waals surface area contributed by atoms with Gasteiger partial charge in [0.05, 0.1) is 16.9 Å². The molecule has 0 aliphatic carbocycles. The number of aryl methyl sites for hydroxylation is 1. The predicted molar refractivity (Wildman–Crippen MR) is 115 cm³/mol. The summed E-state index contributed by atoms with van der Waals surface area (Å²) in [4.78, 5) is 38.9. The summed E-state index contributed by atoms with van der Waals surface area (Å²) in [5.74, 6) is -1.86. The van der Waals surface area contributed by atoms with Crippen LogP contribution in [0.1, 0.15) is 44.7 Å². The SMILES string of the molecule is C=C1CCC(N2C(=O)c3ccc(NS(=O)(=O)Cc4ccccc4C)cc3C2=O)C(=O)N1. The highest BCUT2D eigenvalue weighted by Crippen LogP contribution is 2.30. The van der Waals surface area contributed by atoms with Crippen LogP contribution >= 0.6 is 0 Å². The molecule has 1 fully saturated rings. The van der Waals surface area contributed by atoms with Crippen molar-refractivity contribution in [3.8, 4) is 0 Å². The van der Waals surface area contributed by atoms with E-state index in [1.165, 1.54) is 18.2 Å². The smallest absolute Gasteiger partial charge is 0.262 e. The van der Waals surface area contributed by atoms with E-state index in [-0.39, 0.29) is 22.6 Å². The maximum absolute atomic E-state index is 12.9. The first-order valence-electron chi connectivity index (χ1n) is 9.72. The lowest BCUT2D eigenvalue weighted by Crippen LogP contribution is -2.51. The van der Waals surface area contributed by atoms with E-state index < -0.39 is 33.8 Å². The highest BCUT2D eigenvalue weighted by atomic mass is 32.2. The number of imide groups is 1. The van der Waals surface area contributed by atoms with Gasteiger partial charge < -0.3 is 5.32 Å². The first-order chi connectivity index (χ1) is 14.7. The third kappa shape index (κ3) is 3.96. The number of amides is 3. The number of benzene rings is 2. The predicted octanol–water partition coefficient (Wildman–Crippen LogP) is 2.33. The van der Waals surface area contributed by atoms with Gasteiger partial charge in [-0.2, -0.15) is 0 Å². The highest BCUT2D eigenvalue weighted by molar-refractivity contribution is 7.91. The highest BCUT2D eigenvalue weighted by Gasteiger charge is 2.44. The van der Waals surface area contributed by atoms with E-state index in [0.29, 0.717) is 24.1 Å². The fourth-order valence-corrected chi connectivity index (χ4v) is 5.10. The second-order valence-electron chi connectivity index (χ2n) is 7.68. The molecular formula is C22H21N3O5S. The first kappa shape index (κ1) is 20.8. The number of carbonyl (C=O) groups is 3. The molecule has 1 atom stereocenters. The Morgan fingerprint density at radius 3 is 2.52 bits per heavy atom. The number of nitrogens with zero attached hydrogens (tertiary/aromatic N) is 1. The number of hydrogen-bond acceptors (Lipinski definition) is 5. The Morgan fingerprint density at radius 1 is 1.10 bits per heavy atom. The number of nitrogens with one attached hydrogen (secondary N) is 2. The molecule has 2 N–H and O–H groups in total. The van der Waals surface area contributed by atoms with Gasteiger partial charge in [0.15, 0.2) is 0 Å². The maximum Gasteiger partial charge on any atom is 0.262 e. The van der Waals surface area contributed by atoms with Crippen molar-refractivity contribution in [1.82, 2.24) is 10.2 Å². The summed E-state index contributed by atoms with van der Waals surface area (Å²) in [5, 5.41) is 2.57. The Hall–Kier alpha value is -3.46. The van der Waals surface area contributed by atoms with Crippen LogP contribution in [0.15, 0.2) is 54.7 Å². The Labute approximate surface area is 180 Å². The molecule has 0 bridgehead atoms. The van der Waals surface area contributed by atoms with Crippen molar-refractivity contribution >= 4 is 33.4 Å². The van der Waals surface area contributed by atoms with Crippen LogP contribution in [0.2, 0.25) is 0 Å². The molecular weight excluding hydrogens is 418 g/mol. The van der Waals surface area contributed by atoms with Gasteiger partial charge in [0, 0.05) is 11.4 Å². The molecule has 0 aromatic heterocycles. The Kier molecular flexibility index (Phi) is 5.14. The lowest BCUT2D eigenvalue weighted by molar-refractivity contribution is -0.125. The van der Waals surface area contributed by atoms with Crippen molar-refractivity contribution < 1.29 is 22.8 Å².